The number of nitrogens with two attached hydrogens (primary N) is 1. The minimum Gasteiger partial charge on any atom is -0.368 e. The van der Waals surface area contributed by atoms with Crippen LogP contribution in [0.3, 0.4) is 0 Å². The van der Waals surface area contributed by atoms with E-state index in [-0.39, 0.29) is 21.6 Å². The Labute approximate surface area is 77.5 Å². The van der Waals surface area contributed by atoms with Gasteiger partial charge < -0.3 is 5.73 Å². The molecule has 4 heteroatoms. The number of carbonyl (C=O) groups is 1. The second-order valence-electron chi connectivity index (χ2n) is 4.20. The fraction of sp³-hybridized carbons (Fsp3) is 0.875. The van der Waals surface area contributed by atoms with Crippen molar-refractivity contribution in [1.29, 1.82) is 0 Å². The lowest BCUT2D eigenvalue weighted by Gasteiger charge is -2.22. The molecule has 0 radical (unpaired) electrons. The van der Waals surface area contributed by atoms with Gasteiger partial charge in [0.05, 0.1) is 4.87 Å². The van der Waals surface area contributed by atoms with Gasteiger partial charge in [0.2, 0.25) is 5.91 Å². The molecule has 12 heavy (non-hydrogen) atoms. The third kappa shape index (κ3) is 1.75. The van der Waals surface area contributed by atoms with Crippen LogP contribution < -0.4 is 11.1 Å². The summed E-state index contributed by atoms with van der Waals surface area (Å²) in [5, 5.41) is 3.21. The van der Waals surface area contributed by atoms with E-state index < -0.39 is 0 Å². The maximum absolute atomic E-state index is 11.1. The van der Waals surface area contributed by atoms with Gasteiger partial charge in [-0.3, -0.25) is 10.1 Å². The van der Waals surface area contributed by atoms with Gasteiger partial charge in [-0.05, 0) is 27.7 Å². The molecule has 1 aliphatic rings. The molecule has 0 aromatic heterocycles. The monoisotopic (exact) mass is 188 g/mol. The minimum atomic E-state index is -0.266. The van der Waals surface area contributed by atoms with Crippen LogP contribution in [-0.2, 0) is 4.79 Å². The lowest BCUT2D eigenvalue weighted by Crippen LogP contribution is -2.49. The van der Waals surface area contributed by atoms with E-state index in [4.69, 9.17) is 5.73 Å². The molecule has 3 nitrogen and oxygen atoms in total. The molecule has 0 bridgehead atoms. The van der Waals surface area contributed by atoms with Gasteiger partial charge in [0.15, 0.2) is 0 Å². The molecular formula is C8H16N2OS. The van der Waals surface area contributed by atoms with Crippen LogP contribution in [0.4, 0.5) is 0 Å². The maximum Gasteiger partial charge on any atom is 0.236 e. The molecule has 0 spiro atoms. The topological polar surface area (TPSA) is 55.1 Å². The van der Waals surface area contributed by atoms with E-state index >= 15 is 0 Å². The zero-order chi connectivity index (χ0) is 9.57. The number of nitrogens with one attached hydrogen (secondary N) is 1. The van der Waals surface area contributed by atoms with Crippen molar-refractivity contribution in [3.63, 3.8) is 0 Å². The molecule has 1 aliphatic heterocycles. The summed E-state index contributed by atoms with van der Waals surface area (Å²) in [7, 11) is 0. The lowest BCUT2D eigenvalue weighted by molar-refractivity contribution is -0.120. The summed E-state index contributed by atoms with van der Waals surface area (Å²) in [4.78, 5) is 11.0. The fourth-order valence-electron chi connectivity index (χ4n) is 1.68. The van der Waals surface area contributed by atoms with Gasteiger partial charge in [0.25, 0.3) is 0 Å². The Morgan fingerprint density at radius 1 is 1.42 bits per heavy atom. The van der Waals surface area contributed by atoms with Crippen LogP contribution in [-0.4, -0.2) is 21.6 Å². The van der Waals surface area contributed by atoms with Crippen molar-refractivity contribution in [1.82, 2.24) is 5.32 Å². The van der Waals surface area contributed by atoms with Crippen molar-refractivity contribution in [2.45, 2.75) is 43.4 Å². The van der Waals surface area contributed by atoms with Crippen molar-refractivity contribution in [2.24, 2.45) is 5.73 Å². The van der Waals surface area contributed by atoms with E-state index in [0.29, 0.717) is 0 Å². The Hall–Kier alpha value is -0.220. The Morgan fingerprint density at radius 2 is 1.92 bits per heavy atom. The van der Waals surface area contributed by atoms with Gasteiger partial charge in [0, 0.05) is 4.75 Å². The minimum absolute atomic E-state index is 0.0524. The van der Waals surface area contributed by atoms with Crippen LogP contribution >= 0.6 is 11.8 Å². The summed E-state index contributed by atoms with van der Waals surface area (Å²) in [6.07, 6.45) is 0. The molecule has 3 N–H and O–H groups in total. The molecule has 1 saturated heterocycles. The number of hydrogen-bond acceptors (Lipinski definition) is 3. The standard InChI is InChI=1S/C8H16N2OS/c1-7(2)5(6(9)11)10-8(3,4)12-7/h5,10H,1-4H3,(H2,9,11)/t5-/m1/s1. The summed E-state index contributed by atoms with van der Waals surface area (Å²) in [5.41, 5.74) is 5.28. The Bertz CT molecular complexity index is 213. The SMILES string of the molecule is CC1(C)N[C@H](C(N)=O)C(C)(C)S1. The number of primary amides is 1. The van der Waals surface area contributed by atoms with Crippen LogP contribution in [0, 0.1) is 0 Å². The molecule has 0 aromatic rings. The number of thioether (sulfide) groups is 1. The van der Waals surface area contributed by atoms with E-state index in [1.54, 1.807) is 11.8 Å². The van der Waals surface area contributed by atoms with E-state index in [2.05, 4.69) is 19.2 Å². The second kappa shape index (κ2) is 2.64. The largest absolute Gasteiger partial charge is 0.368 e. The van der Waals surface area contributed by atoms with Gasteiger partial charge >= 0.3 is 0 Å². The normalized spacial score (nSPS) is 31.8. The molecule has 1 heterocycles. The Kier molecular flexibility index (Phi) is 2.17. The first-order chi connectivity index (χ1) is 5.25. The maximum atomic E-state index is 11.1. The number of rotatable bonds is 1. The van der Waals surface area contributed by atoms with Gasteiger partial charge in [-0.2, -0.15) is 0 Å². The average molecular weight is 188 g/mol. The summed E-state index contributed by atoms with van der Waals surface area (Å²) < 4.78 is -0.102. The van der Waals surface area contributed by atoms with E-state index in [1.165, 1.54) is 0 Å². The zero-order valence-electron chi connectivity index (χ0n) is 7.97. The zero-order valence-corrected chi connectivity index (χ0v) is 8.79. The average Bonchev–Trinajstić information content (AvgIpc) is 1.99. The van der Waals surface area contributed by atoms with E-state index in [0.717, 1.165) is 0 Å². The van der Waals surface area contributed by atoms with Crippen molar-refractivity contribution in [2.75, 3.05) is 0 Å². The quantitative estimate of drug-likeness (QED) is 0.636. The number of carbonyl (C=O) groups excluding carboxylic acids is 1. The molecule has 1 rings (SSSR count). The van der Waals surface area contributed by atoms with E-state index in [9.17, 15) is 4.79 Å². The van der Waals surface area contributed by atoms with Crippen molar-refractivity contribution in [3.8, 4) is 0 Å². The molecule has 1 fully saturated rings. The number of amides is 1. The third-order valence-corrected chi connectivity index (χ3v) is 3.38. The van der Waals surface area contributed by atoms with Crippen LogP contribution in [0.1, 0.15) is 27.7 Å². The first kappa shape index (κ1) is 9.86. The molecular weight excluding hydrogens is 172 g/mol. The van der Waals surface area contributed by atoms with E-state index in [1.807, 2.05) is 13.8 Å². The predicted octanol–water partition coefficient (Wildman–Crippen LogP) is 0.691. The smallest absolute Gasteiger partial charge is 0.236 e. The molecule has 0 saturated carbocycles. The first-order valence-corrected chi connectivity index (χ1v) is 4.83. The van der Waals surface area contributed by atoms with Crippen molar-refractivity contribution < 1.29 is 4.79 Å². The Balaban J connectivity index is 2.85. The van der Waals surface area contributed by atoms with Gasteiger partial charge in [-0.15, -0.1) is 11.8 Å². The molecule has 0 unspecified atom stereocenters. The van der Waals surface area contributed by atoms with Crippen LogP contribution in [0.5, 0.6) is 0 Å². The van der Waals surface area contributed by atoms with Gasteiger partial charge in [-0.25, -0.2) is 0 Å². The van der Waals surface area contributed by atoms with Crippen LogP contribution in [0.15, 0.2) is 0 Å². The highest BCUT2D eigenvalue weighted by Crippen LogP contribution is 2.43. The summed E-state index contributed by atoms with van der Waals surface area (Å²) in [5.74, 6) is -0.266. The first-order valence-electron chi connectivity index (χ1n) is 4.02. The van der Waals surface area contributed by atoms with Gasteiger partial charge in [-0.1, -0.05) is 0 Å². The molecule has 70 valence electrons. The second-order valence-corrected chi connectivity index (χ2v) is 6.47. The molecule has 0 aromatic carbocycles. The van der Waals surface area contributed by atoms with Crippen molar-refractivity contribution >= 4 is 17.7 Å². The van der Waals surface area contributed by atoms with Crippen LogP contribution in [0.2, 0.25) is 0 Å². The van der Waals surface area contributed by atoms with Crippen molar-refractivity contribution in [3.05, 3.63) is 0 Å². The summed E-state index contributed by atoms with van der Waals surface area (Å²) >= 11 is 1.75. The summed E-state index contributed by atoms with van der Waals surface area (Å²) in [6, 6.07) is -0.225. The number of hydrogen-bond donors (Lipinski definition) is 2. The molecule has 1 atom stereocenters. The molecule has 1 amide bonds. The highest BCUT2D eigenvalue weighted by atomic mass is 32.2. The highest BCUT2D eigenvalue weighted by Gasteiger charge is 2.47. The Morgan fingerprint density at radius 3 is 2.08 bits per heavy atom. The summed E-state index contributed by atoms with van der Waals surface area (Å²) in [6.45, 7) is 8.19. The highest BCUT2D eigenvalue weighted by molar-refractivity contribution is 8.02. The molecule has 0 aliphatic carbocycles. The third-order valence-electron chi connectivity index (χ3n) is 1.99. The van der Waals surface area contributed by atoms with Gasteiger partial charge in [0.1, 0.15) is 6.04 Å². The lowest BCUT2D eigenvalue weighted by atomic mass is 10.0. The van der Waals surface area contributed by atoms with Crippen LogP contribution in [0.25, 0.3) is 0 Å². The fourth-order valence-corrected chi connectivity index (χ4v) is 3.47. The predicted molar refractivity (Wildman–Crippen MR) is 51.9 cm³/mol.